The molecule has 2 unspecified atom stereocenters. The number of rotatable bonds is 2. The molecule has 0 aromatic carbocycles. The second kappa shape index (κ2) is 5.62. The lowest BCUT2D eigenvalue weighted by Crippen LogP contribution is -2.54. The predicted molar refractivity (Wildman–Crippen MR) is 62.1 cm³/mol. The smallest absolute Gasteiger partial charge is 0.0950 e. The lowest BCUT2D eigenvalue weighted by Gasteiger charge is -2.41. The van der Waals surface area contributed by atoms with Gasteiger partial charge in [0.1, 0.15) is 0 Å². The summed E-state index contributed by atoms with van der Waals surface area (Å²) in [5, 5.41) is 8.88. The summed E-state index contributed by atoms with van der Waals surface area (Å²) in [6.45, 7) is 8.02. The maximum Gasteiger partial charge on any atom is 0.0950 e. The molecule has 0 N–H and O–H groups in total. The first kappa shape index (κ1) is 11.8. The Morgan fingerprint density at radius 2 is 2.06 bits per heavy atom. The standard InChI is InChI=1S/C12H21N3O/c1-11(9-13)14-4-6-15(7-5-14)12-3-2-8-16-10-12/h11-12H,2-8,10H2,1H3. The summed E-state index contributed by atoms with van der Waals surface area (Å²) >= 11 is 0. The molecular formula is C12H21N3O. The van der Waals surface area contributed by atoms with E-state index in [1.807, 2.05) is 6.92 Å². The summed E-state index contributed by atoms with van der Waals surface area (Å²) in [7, 11) is 0. The van der Waals surface area contributed by atoms with Gasteiger partial charge >= 0.3 is 0 Å². The second-order valence-corrected chi connectivity index (χ2v) is 4.75. The molecule has 2 heterocycles. The van der Waals surface area contributed by atoms with Gasteiger partial charge in [0.05, 0.1) is 18.7 Å². The number of piperazine rings is 1. The molecule has 2 saturated heterocycles. The third-order valence-electron chi connectivity index (χ3n) is 3.74. The van der Waals surface area contributed by atoms with Crippen LogP contribution in [0.3, 0.4) is 0 Å². The molecule has 2 fully saturated rings. The van der Waals surface area contributed by atoms with Gasteiger partial charge < -0.3 is 4.74 Å². The molecule has 2 aliphatic heterocycles. The van der Waals surface area contributed by atoms with Gasteiger partial charge in [-0.25, -0.2) is 0 Å². The minimum Gasteiger partial charge on any atom is -0.380 e. The normalized spacial score (nSPS) is 30.9. The third kappa shape index (κ3) is 2.73. The number of hydrogen-bond donors (Lipinski definition) is 0. The molecule has 0 amide bonds. The molecular weight excluding hydrogens is 202 g/mol. The summed E-state index contributed by atoms with van der Waals surface area (Å²) < 4.78 is 5.52. The second-order valence-electron chi connectivity index (χ2n) is 4.75. The van der Waals surface area contributed by atoms with Gasteiger partial charge in [-0.1, -0.05) is 0 Å². The van der Waals surface area contributed by atoms with E-state index in [2.05, 4.69) is 15.9 Å². The highest BCUT2D eigenvalue weighted by Gasteiger charge is 2.26. The summed E-state index contributed by atoms with van der Waals surface area (Å²) in [5.41, 5.74) is 0. The molecule has 0 radical (unpaired) electrons. The Hall–Kier alpha value is -0.630. The highest BCUT2D eigenvalue weighted by molar-refractivity contribution is 4.91. The van der Waals surface area contributed by atoms with Crippen LogP contribution in [0.5, 0.6) is 0 Å². The number of nitrogens with zero attached hydrogens (tertiary/aromatic N) is 3. The average Bonchev–Trinajstić information content (AvgIpc) is 2.39. The van der Waals surface area contributed by atoms with Crippen molar-refractivity contribution in [3.05, 3.63) is 0 Å². The van der Waals surface area contributed by atoms with Crippen LogP contribution in [0.25, 0.3) is 0 Å². The van der Waals surface area contributed by atoms with Crippen LogP contribution in [0, 0.1) is 11.3 Å². The van der Waals surface area contributed by atoms with Gasteiger partial charge in [-0.3, -0.25) is 9.80 Å². The topological polar surface area (TPSA) is 39.5 Å². The lowest BCUT2D eigenvalue weighted by atomic mass is 10.1. The Balaban J connectivity index is 1.78. The van der Waals surface area contributed by atoms with Crippen LogP contribution in [-0.2, 0) is 4.74 Å². The molecule has 16 heavy (non-hydrogen) atoms. The largest absolute Gasteiger partial charge is 0.380 e. The fourth-order valence-corrected chi connectivity index (χ4v) is 2.58. The summed E-state index contributed by atoms with van der Waals surface area (Å²) in [6.07, 6.45) is 2.47. The van der Waals surface area contributed by atoms with Crippen molar-refractivity contribution >= 4 is 0 Å². The van der Waals surface area contributed by atoms with Gasteiger partial charge in [-0.15, -0.1) is 0 Å². The van der Waals surface area contributed by atoms with Crippen molar-refractivity contribution in [2.75, 3.05) is 39.4 Å². The van der Waals surface area contributed by atoms with Crippen molar-refractivity contribution in [3.63, 3.8) is 0 Å². The Kier molecular flexibility index (Phi) is 4.16. The molecule has 0 saturated carbocycles. The SMILES string of the molecule is CC(C#N)N1CCN(C2CCCOC2)CC1. The maximum absolute atomic E-state index is 8.88. The molecule has 2 atom stereocenters. The fourth-order valence-electron chi connectivity index (χ4n) is 2.58. The molecule has 0 spiro atoms. The van der Waals surface area contributed by atoms with E-state index in [0.717, 1.165) is 39.4 Å². The van der Waals surface area contributed by atoms with E-state index in [1.165, 1.54) is 12.8 Å². The van der Waals surface area contributed by atoms with Crippen molar-refractivity contribution in [3.8, 4) is 6.07 Å². The predicted octanol–water partition coefficient (Wildman–Crippen LogP) is 0.695. The van der Waals surface area contributed by atoms with Gasteiger partial charge in [-0.05, 0) is 19.8 Å². The van der Waals surface area contributed by atoms with Crippen molar-refractivity contribution in [1.82, 2.24) is 9.80 Å². The molecule has 0 aromatic heterocycles. The van der Waals surface area contributed by atoms with E-state index in [-0.39, 0.29) is 6.04 Å². The van der Waals surface area contributed by atoms with Gasteiger partial charge in [0, 0.05) is 38.8 Å². The zero-order chi connectivity index (χ0) is 11.4. The summed E-state index contributed by atoms with van der Waals surface area (Å²) in [6, 6.07) is 2.99. The van der Waals surface area contributed by atoms with Crippen molar-refractivity contribution in [2.24, 2.45) is 0 Å². The van der Waals surface area contributed by atoms with E-state index >= 15 is 0 Å². The quantitative estimate of drug-likeness (QED) is 0.690. The molecule has 0 aliphatic carbocycles. The van der Waals surface area contributed by atoms with E-state index in [4.69, 9.17) is 10.00 Å². The van der Waals surface area contributed by atoms with E-state index in [0.29, 0.717) is 6.04 Å². The maximum atomic E-state index is 8.88. The number of hydrogen-bond acceptors (Lipinski definition) is 4. The van der Waals surface area contributed by atoms with E-state index in [1.54, 1.807) is 0 Å². The van der Waals surface area contributed by atoms with Crippen LogP contribution >= 0.6 is 0 Å². The molecule has 0 aromatic rings. The van der Waals surface area contributed by atoms with Gasteiger partial charge in [-0.2, -0.15) is 5.26 Å². The zero-order valence-electron chi connectivity index (χ0n) is 10.1. The number of nitriles is 1. The third-order valence-corrected chi connectivity index (χ3v) is 3.74. The monoisotopic (exact) mass is 223 g/mol. The Morgan fingerprint density at radius 3 is 2.62 bits per heavy atom. The van der Waals surface area contributed by atoms with Crippen molar-refractivity contribution in [1.29, 1.82) is 5.26 Å². The van der Waals surface area contributed by atoms with Crippen LogP contribution in [0.15, 0.2) is 0 Å². The average molecular weight is 223 g/mol. The van der Waals surface area contributed by atoms with Gasteiger partial charge in [0.25, 0.3) is 0 Å². The minimum atomic E-state index is 0.0600. The molecule has 0 bridgehead atoms. The summed E-state index contributed by atoms with van der Waals surface area (Å²) in [4.78, 5) is 4.79. The highest BCUT2D eigenvalue weighted by atomic mass is 16.5. The van der Waals surface area contributed by atoms with Crippen molar-refractivity contribution in [2.45, 2.75) is 31.8 Å². The van der Waals surface area contributed by atoms with Crippen LogP contribution in [0.1, 0.15) is 19.8 Å². The van der Waals surface area contributed by atoms with Crippen LogP contribution in [0.4, 0.5) is 0 Å². The first-order valence-electron chi connectivity index (χ1n) is 6.26. The Labute approximate surface area is 97.8 Å². The van der Waals surface area contributed by atoms with Crippen LogP contribution in [-0.4, -0.2) is 61.3 Å². The molecule has 2 aliphatic rings. The lowest BCUT2D eigenvalue weighted by molar-refractivity contribution is -0.00383. The number of ether oxygens (including phenoxy) is 1. The van der Waals surface area contributed by atoms with Gasteiger partial charge in [0.2, 0.25) is 0 Å². The highest BCUT2D eigenvalue weighted by Crippen LogP contribution is 2.16. The first-order valence-corrected chi connectivity index (χ1v) is 6.26. The van der Waals surface area contributed by atoms with Crippen molar-refractivity contribution < 1.29 is 4.74 Å². The Morgan fingerprint density at radius 1 is 1.31 bits per heavy atom. The van der Waals surface area contributed by atoms with Gasteiger partial charge in [0.15, 0.2) is 0 Å². The van der Waals surface area contributed by atoms with E-state index < -0.39 is 0 Å². The molecule has 4 heteroatoms. The van der Waals surface area contributed by atoms with Crippen LogP contribution < -0.4 is 0 Å². The first-order chi connectivity index (χ1) is 7.81. The fraction of sp³-hybridized carbons (Fsp3) is 0.917. The zero-order valence-corrected chi connectivity index (χ0v) is 10.1. The van der Waals surface area contributed by atoms with E-state index in [9.17, 15) is 0 Å². The molecule has 90 valence electrons. The van der Waals surface area contributed by atoms with Crippen LogP contribution in [0.2, 0.25) is 0 Å². The minimum absolute atomic E-state index is 0.0600. The molecule has 2 rings (SSSR count). The Bertz CT molecular complexity index is 249. The molecule has 4 nitrogen and oxygen atoms in total. The summed E-state index contributed by atoms with van der Waals surface area (Å²) in [5.74, 6) is 0.